The van der Waals surface area contributed by atoms with E-state index in [1.54, 1.807) is 24.9 Å². The number of likely N-dealkylation sites (tertiary alicyclic amines) is 1. The highest BCUT2D eigenvalue weighted by Crippen LogP contribution is 2.27. The smallest absolute Gasteiger partial charge is 0.193 e. The molecule has 1 aromatic heterocycles. The number of guanidine groups is 1. The number of rotatable bonds is 4. The van der Waals surface area contributed by atoms with Crippen LogP contribution in [0.2, 0.25) is 0 Å². The molecule has 8 heteroatoms. The van der Waals surface area contributed by atoms with E-state index < -0.39 is 0 Å². The van der Waals surface area contributed by atoms with E-state index in [1.807, 2.05) is 31.0 Å². The monoisotopic (exact) mass is 503 g/mol. The zero-order valence-electron chi connectivity index (χ0n) is 15.9. The van der Waals surface area contributed by atoms with E-state index in [-0.39, 0.29) is 29.8 Å². The largest absolute Gasteiger partial charge is 0.352 e. The molecule has 2 atom stereocenters. The van der Waals surface area contributed by atoms with Crippen LogP contribution in [0.4, 0.5) is 4.39 Å². The van der Waals surface area contributed by atoms with Gasteiger partial charge in [-0.25, -0.2) is 9.37 Å². The van der Waals surface area contributed by atoms with E-state index in [4.69, 9.17) is 0 Å². The van der Waals surface area contributed by atoms with Crippen LogP contribution in [0.3, 0.4) is 0 Å². The summed E-state index contributed by atoms with van der Waals surface area (Å²) in [5.74, 6) is 1.24. The van der Waals surface area contributed by atoms with E-state index in [1.165, 1.54) is 6.07 Å². The summed E-state index contributed by atoms with van der Waals surface area (Å²) in [5, 5.41) is 3.41. The van der Waals surface area contributed by atoms with Crippen molar-refractivity contribution in [1.82, 2.24) is 19.8 Å². The van der Waals surface area contributed by atoms with Gasteiger partial charge in [0.25, 0.3) is 0 Å². The third kappa shape index (κ3) is 5.37. The van der Waals surface area contributed by atoms with Crippen LogP contribution in [0.5, 0.6) is 0 Å². The number of piperidine rings is 1. The van der Waals surface area contributed by atoms with Crippen LogP contribution in [0.15, 0.2) is 46.8 Å². The fourth-order valence-corrected chi connectivity index (χ4v) is 4.08. The van der Waals surface area contributed by atoms with Crippen LogP contribution in [0, 0.1) is 11.7 Å². The molecule has 148 valence electrons. The highest BCUT2D eigenvalue weighted by atomic mass is 127. The standard InChI is InChI=1S/C19H26FN5S.HI/c1-14-6-8-24(12-17(14)25-9-7-22-13-25)19(21-2)23-11-15-10-16(20)4-5-18(15)26-3;/h4-5,7,9-10,13-14,17H,6,8,11-12H2,1-3H3,(H,21,23);1H. The fourth-order valence-electron chi connectivity index (χ4n) is 3.49. The summed E-state index contributed by atoms with van der Waals surface area (Å²) in [6.07, 6.45) is 8.84. The number of nitrogens with zero attached hydrogens (tertiary/aromatic N) is 4. The van der Waals surface area contributed by atoms with Crippen molar-refractivity contribution in [1.29, 1.82) is 0 Å². The molecule has 1 aliphatic heterocycles. The fraction of sp³-hybridized carbons (Fsp3) is 0.474. The first-order valence-corrected chi connectivity index (χ1v) is 10.1. The minimum absolute atomic E-state index is 0. The molecule has 1 aromatic carbocycles. The van der Waals surface area contributed by atoms with Crippen molar-refractivity contribution in [3.63, 3.8) is 0 Å². The van der Waals surface area contributed by atoms with Gasteiger partial charge in [0, 0.05) is 44.0 Å². The lowest BCUT2D eigenvalue weighted by Gasteiger charge is -2.39. The van der Waals surface area contributed by atoms with Gasteiger partial charge in [0.15, 0.2) is 5.96 Å². The van der Waals surface area contributed by atoms with Crippen LogP contribution in [-0.2, 0) is 6.54 Å². The van der Waals surface area contributed by atoms with E-state index in [2.05, 4.69) is 31.7 Å². The van der Waals surface area contributed by atoms with Gasteiger partial charge in [0.2, 0.25) is 0 Å². The lowest BCUT2D eigenvalue weighted by atomic mass is 9.93. The number of aromatic nitrogens is 2. The van der Waals surface area contributed by atoms with Crippen molar-refractivity contribution >= 4 is 41.7 Å². The average molecular weight is 503 g/mol. The van der Waals surface area contributed by atoms with E-state index >= 15 is 0 Å². The lowest BCUT2D eigenvalue weighted by molar-refractivity contribution is 0.189. The van der Waals surface area contributed by atoms with Crippen molar-refractivity contribution in [3.8, 4) is 0 Å². The molecule has 2 heterocycles. The lowest BCUT2D eigenvalue weighted by Crippen LogP contribution is -2.48. The maximum atomic E-state index is 13.6. The summed E-state index contributed by atoms with van der Waals surface area (Å²) in [5.41, 5.74) is 0.954. The maximum Gasteiger partial charge on any atom is 0.193 e. The minimum Gasteiger partial charge on any atom is -0.352 e. The molecule has 0 bridgehead atoms. The predicted molar refractivity (Wildman–Crippen MR) is 120 cm³/mol. The van der Waals surface area contributed by atoms with Crippen LogP contribution >= 0.6 is 35.7 Å². The van der Waals surface area contributed by atoms with Crippen molar-refractivity contribution in [2.45, 2.75) is 30.8 Å². The molecule has 2 aromatic rings. The molecule has 0 radical (unpaired) electrons. The first-order chi connectivity index (χ1) is 12.6. The number of thioether (sulfide) groups is 1. The van der Waals surface area contributed by atoms with Crippen LogP contribution in [0.1, 0.15) is 24.9 Å². The summed E-state index contributed by atoms with van der Waals surface area (Å²) in [4.78, 5) is 12.0. The Kier molecular flexibility index (Phi) is 8.40. The number of imidazole rings is 1. The second-order valence-electron chi connectivity index (χ2n) is 6.65. The molecule has 1 saturated heterocycles. The second kappa shape index (κ2) is 10.3. The summed E-state index contributed by atoms with van der Waals surface area (Å²) in [6.45, 7) is 4.69. The quantitative estimate of drug-likeness (QED) is 0.297. The second-order valence-corrected chi connectivity index (χ2v) is 7.49. The van der Waals surface area contributed by atoms with E-state index in [0.717, 1.165) is 35.9 Å². The van der Waals surface area contributed by atoms with Crippen molar-refractivity contribution in [2.24, 2.45) is 10.9 Å². The van der Waals surface area contributed by atoms with Gasteiger partial charge < -0.3 is 14.8 Å². The Labute approximate surface area is 181 Å². The zero-order valence-corrected chi connectivity index (χ0v) is 19.1. The molecule has 0 aliphatic carbocycles. The van der Waals surface area contributed by atoms with Crippen molar-refractivity contribution < 1.29 is 4.39 Å². The molecule has 27 heavy (non-hydrogen) atoms. The number of hydrogen-bond donors (Lipinski definition) is 1. The summed E-state index contributed by atoms with van der Waals surface area (Å²) in [6, 6.07) is 5.31. The predicted octanol–water partition coefficient (Wildman–Crippen LogP) is 4.02. The SMILES string of the molecule is CN=C(NCc1cc(F)ccc1SC)N1CCC(C)C(n2ccnc2)C1.I. The molecule has 1 fully saturated rings. The number of aliphatic imine (C=N–C) groups is 1. The van der Waals surface area contributed by atoms with Crippen LogP contribution in [-0.4, -0.2) is 46.8 Å². The van der Waals surface area contributed by atoms with E-state index in [0.29, 0.717) is 18.5 Å². The normalized spacial score (nSPS) is 20.3. The molecule has 0 spiro atoms. The highest BCUT2D eigenvalue weighted by Gasteiger charge is 2.28. The Morgan fingerprint density at radius 2 is 2.26 bits per heavy atom. The van der Waals surface area contributed by atoms with Gasteiger partial charge in [0.1, 0.15) is 5.82 Å². The molecule has 0 amide bonds. The Bertz CT molecular complexity index is 753. The van der Waals surface area contributed by atoms with Crippen molar-refractivity contribution in [3.05, 3.63) is 48.3 Å². The summed E-state index contributed by atoms with van der Waals surface area (Å²) in [7, 11) is 1.80. The van der Waals surface area contributed by atoms with Gasteiger partial charge in [0.05, 0.1) is 12.4 Å². The first-order valence-electron chi connectivity index (χ1n) is 8.87. The highest BCUT2D eigenvalue weighted by molar-refractivity contribution is 14.0. The number of benzene rings is 1. The minimum atomic E-state index is -0.207. The number of hydrogen-bond acceptors (Lipinski definition) is 3. The molecule has 0 saturated carbocycles. The van der Waals surface area contributed by atoms with E-state index in [9.17, 15) is 4.39 Å². The van der Waals surface area contributed by atoms with Crippen molar-refractivity contribution in [2.75, 3.05) is 26.4 Å². The maximum absolute atomic E-state index is 13.6. The Morgan fingerprint density at radius 1 is 1.44 bits per heavy atom. The van der Waals surface area contributed by atoms with Crippen LogP contribution in [0.25, 0.3) is 0 Å². The first kappa shape index (κ1) is 22.0. The summed E-state index contributed by atoms with van der Waals surface area (Å²) < 4.78 is 15.8. The number of halogens is 2. The van der Waals surface area contributed by atoms with Gasteiger partial charge in [-0.3, -0.25) is 4.99 Å². The third-order valence-electron chi connectivity index (χ3n) is 5.02. The molecule has 5 nitrogen and oxygen atoms in total. The third-order valence-corrected chi connectivity index (χ3v) is 5.86. The molecule has 2 unspecified atom stereocenters. The Hall–Kier alpha value is -1.29. The van der Waals surface area contributed by atoms with Gasteiger partial charge in [-0.2, -0.15) is 0 Å². The van der Waals surface area contributed by atoms with Gasteiger partial charge >= 0.3 is 0 Å². The van der Waals surface area contributed by atoms with Gasteiger partial charge in [-0.1, -0.05) is 6.92 Å². The number of nitrogens with one attached hydrogen (secondary N) is 1. The molecule has 1 aliphatic rings. The van der Waals surface area contributed by atoms with Crippen LogP contribution < -0.4 is 5.32 Å². The molecule has 1 N–H and O–H groups in total. The molecular weight excluding hydrogens is 476 g/mol. The Balaban J connectivity index is 0.00000261. The summed E-state index contributed by atoms with van der Waals surface area (Å²) >= 11 is 1.63. The molecule has 3 rings (SSSR count). The average Bonchev–Trinajstić information content (AvgIpc) is 3.18. The molecular formula is C19H27FIN5S. The topological polar surface area (TPSA) is 45.5 Å². The van der Waals surface area contributed by atoms with Gasteiger partial charge in [-0.05, 0) is 42.4 Å². The van der Waals surface area contributed by atoms with Gasteiger partial charge in [-0.15, -0.1) is 35.7 Å². The Morgan fingerprint density at radius 3 is 2.93 bits per heavy atom. The zero-order chi connectivity index (χ0) is 18.5.